The van der Waals surface area contributed by atoms with Crippen molar-refractivity contribution in [1.82, 2.24) is 0 Å². The van der Waals surface area contributed by atoms with Gasteiger partial charge in [0.2, 0.25) is 0 Å². The second kappa shape index (κ2) is 6.90. The van der Waals surface area contributed by atoms with E-state index in [9.17, 15) is 8.42 Å². The predicted octanol–water partition coefficient (Wildman–Crippen LogP) is 1.92. The zero-order valence-corrected chi connectivity index (χ0v) is 11.6. The van der Waals surface area contributed by atoms with Crippen molar-refractivity contribution in [3.05, 3.63) is 54.1 Å². The minimum atomic E-state index is -4.03. The average Bonchev–Trinajstić information content (AvgIpc) is 2.39. The van der Waals surface area contributed by atoms with E-state index >= 15 is 0 Å². The summed E-state index contributed by atoms with van der Waals surface area (Å²) in [7, 11) is -4.03. The second-order valence-corrected chi connectivity index (χ2v) is 5.29. The van der Waals surface area contributed by atoms with Crippen LogP contribution in [-0.2, 0) is 10.1 Å². The Morgan fingerprint density at radius 2 is 1.60 bits per heavy atom. The van der Waals surface area contributed by atoms with Crippen LogP contribution in [0.5, 0.6) is 5.75 Å². The van der Waals surface area contributed by atoms with Gasteiger partial charge in [0.05, 0.1) is 10.6 Å². The van der Waals surface area contributed by atoms with Crippen LogP contribution in [0.1, 0.15) is 5.56 Å². The molecule has 0 saturated carbocycles. The number of phenols is 1. The smallest absolute Gasteiger partial charge is 0.294 e. The molecule has 108 valence electrons. The highest BCUT2D eigenvalue weighted by Crippen LogP contribution is 2.19. The van der Waals surface area contributed by atoms with E-state index in [1.54, 1.807) is 49.4 Å². The summed E-state index contributed by atoms with van der Waals surface area (Å²) in [6, 6.07) is 13.0. The molecule has 2 aromatic carbocycles. The lowest BCUT2D eigenvalue weighted by molar-refractivity contribution is 0.477. The number of hydrogen-bond donors (Lipinski definition) is 4. The van der Waals surface area contributed by atoms with Gasteiger partial charge in [-0.25, -0.2) is 0 Å². The summed E-state index contributed by atoms with van der Waals surface area (Å²) < 4.78 is 29.9. The molecule has 2 aromatic rings. The highest BCUT2D eigenvalue weighted by atomic mass is 32.2. The number of hydrogen-bond acceptors (Lipinski definition) is 5. The Labute approximate surface area is 117 Å². The van der Waals surface area contributed by atoms with Gasteiger partial charge in [-0.05, 0) is 30.7 Å². The van der Waals surface area contributed by atoms with Gasteiger partial charge in [-0.3, -0.25) is 10.4 Å². The van der Waals surface area contributed by atoms with Gasteiger partial charge in [0.1, 0.15) is 5.75 Å². The van der Waals surface area contributed by atoms with Crippen LogP contribution in [0, 0.1) is 6.92 Å². The first kappa shape index (κ1) is 16.0. The molecule has 6 nitrogen and oxygen atoms in total. The maximum atomic E-state index is 10.6. The highest BCUT2D eigenvalue weighted by molar-refractivity contribution is 7.85. The molecule has 0 saturated heterocycles. The van der Waals surface area contributed by atoms with E-state index in [-0.39, 0.29) is 10.6 Å². The van der Waals surface area contributed by atoms with Crippen molar-refractivity contribution < 1.29 is 18.1 Å². The second-order valence-electron chi connectivity index (χ2n) is 3.90. The van der Waals surface area contributed by atoms with Gasteiger partial charge in [0.25, 0.3) is 10.1 Å². The topological polar surface area (TPSA) is 113 Å². The molecule has 0 spiro atoms. The van der Waals surface area contributed by atoms with Crippen LogP contribution < -0.4 is 11.3 Å². The van der Waals surface area contributed by atoms with Gasteiger partial charge in [0.15, 0.2) is 0 Å². The molecule has 0 amide bonds. The molecule has 0 bridgehead atoms. The molecule has 2 rings (SSSR count). The first-order valence-corrected chi connectivity index (χ1v) is 7.08. The summed E-state index contributed by atoms with van der Waals surface area (Å²) in [5.41, 5.74) is 3.44. The van der Waals surface area contributed by atoms with Gasteiger partial charge in [-0.15, -0.1) is 0 Å². The van der Waals surface area contributed by atoms with Crippen molar-refractivity contribution in [1.29, 1.82) is 0 Å². The molecule has 20 heavy (non-hydrogen) atoms. The molecule has 0 unspecified atom stereocenters. The summed E-state index contributed by atoms with van der Waals surface area (Å²) in [5, 5.41) is 8.97. The Hall–Kier alpha value is -2.09. The first-order valence-electron chi connectivity index (χ1n) is 5.64. The maximum absolute atomic E-state index is 10.6. The van der Waals surface area contributed by atoms with Crippen LogP contribution >= 0.6 is 0 Å². The van der Waals surface area contributed by atoms with Crippen LogP contribution in [0.2, 0.25) is 0 Å². The fourth-order valence-corrected chi connectivity index (χ4v) is 2.17. The van der Waals surface area contributed by atoms with Gasteiger partial charge >= 0.3 is 0 Å². The van der Waals surface area contributed by atoms with Gasteiger partial charge < -0.3 is 10.5 Å². The number of nitrogens with two attached hydrogens (primary N) is 1. The monoisotopic (exact) mass is 296 g/mol. The SMILES string of the molecule is Cc1ccccc1S(=O)(=O)O.NNc1ccccc1O. The normalized spacial score (nSPS) is 10.3. The molecule has 0 radical (unpaired) electrons. The Balaban J connectivity index is 0.000000204. The van der Waals surface area contributed by atoms with Crippen molar-refractivity contribution in [2.45, 2.75) is 11.8 Å². The molecule has 7 heteroatoms. The maximum Gasteiger partial charge on any atom is 0.294 e. The molecule has 5 N–H and O–H groups in total. The lowest BCUT2D eigenvalue weighted by atomic mass is 10.2. The van der Waals surface area contributed by atoms with E-state index in [2.05, 4.69) is 5.43 Å². The molecule has 0 aliphatic carbocycles. The van der Waals surface area contributed by atoms with Gasteiger partial charge in [0, 0.05) is 0 Å². The average molecular weight is 296 g/mol. The Bertz CT molecular complexity index is 672. The number of rotatable bonds is 2. The van der Waals surface area contributed by atoms with Crippen LogP contribution in [-0.4, -0.2) is 18.1 Å². The number of nitrogens with one attached hydrogen (secondary N) is 1. The number of aryl methyl sites for hydroxylation is 1. The standard InChI is InChI=1S/C7H8O3S.C6H8N2O/c1-6-4-2-3-5-7(6)11(8,9)10;7-8-5-3-1-2-4-6(5)9/h2-5H,1H3,(H,8,9,10);1-4,8-9H,7H2. The van der Waals surface area contributed by atoms with Crippen molar-refractivity contribution in [3.8, 4) is 5.75 Å². The van der Waals surface area contributed by atoms with Crippen LogP contribution in [0.25, 0.3) is 0 Å². The fraction of sp³-hybridized carbons (Fsp3) is 0.0769. The number of phenolic OH excluding ortho intramolecular Hbond substituents is 1. The summed E-state index contributed by atoms with van der Waals surface area (Å²) in [4.78, 5) is -0.0278. The van der Waals surface area contributed by atoms with Crippen LogP contribution in [0.15, 0.2) is 53.4 Å². The van der Waals surface area contributed by atoms with Crippen molar-refractivity contribution in [2.24, 2.45) is 5.84 Å². The van der Waals surface area contributed by atoms with Crippen LogP contribution in [0.3, 0.4) is 0 Å². The lowest BCUT2D eigenvalue weighted by Crippen LogP contribution is -2.06. The number of hydrazine groups is 1. The zero-order valence-electron chi connectivity index (χ0n) is 10.8. The molecule has 0 aromatic heterocycles. The quantitative estimate of drug-likeness (QED) is 0.291. The van der Waals surface area contributed by atoms with E-state index in [0.717, 1.165) is 0 Å². The minimum Gasteiger partial charge on any atom is -0.506 e. The Morgan fingerprint density at radius 1 is 1.05 bits per heavy atom. The summed E-state index contributed by atoms with van der Waals surface area (Å²) in [6.45, 7) is 1.63. The lowest BCUT2D eigenvalue weighted by Gasteiger charge is -1.99. The predicted molar refractivity (Wildman–Crippen MR) is 76.9 cm³/mol. The Kier molecular flexibility index (Phi) is 5.51. The molecule has 0 aliphatic rings. The van der Waals surface area contributed by atoms with Crippen molar-refractivity contribution in [3.63, 3.8) is 0 Å². The summed E-state index contributed by atoms with van der Waals surface area (Å²) >= 11 is 0. The Morgan fingerprint density at radius 3 is 2.00 bits per heavy atom. The van der Waals surface area contributed by atoms with E-state index < -0.39 is 10.1 Å². The molecular weight excluding hydrogens is 280 g/mol. The molecular formula is C13H16N2O4S. The summed E-state index contributed by atoms with van der Waals surface area (Å²) in [6.07, 6.45) is 0. The minimum absolute atomic E-state index is 0.0278. The number of para-hydroxylation sites is 2. The third kappa shape index (κ3) is 4.54. The van der Waals surface area contributed by atoms with Crippen LogP contribution in [0.4, 0.5) is 5.69 Å². The third-order valence-electron chi connectivity index (χ3n) is 2.43. The number of aromatic hydroxyl groups is 1. The fourth-order valence-electron chi connectivity index (χ4n) is 1.44. The highest BCUT2D eigenvalue weighted by Gasteiger charge is 2.10. The van der Waals surface area contributed by atoms with E-state index in [4.69, 9.17) is 15.5 Å². The largest absolute Gasteiger partial charge is 0.506 e. The number of benzene rings is 2. The van der Waals surface area contributed by atoms with Crippen molar-refractivity contribution >= 4 is 15.8 Å². The summed E-state index contributed by atoms with van der Waals surface area (Å²) in [5.74, 6) is 5.21. The molecule has 0 atom stereocenters. The van der Waals surface area contributed by atoms with Gasteiger partial charge in [-0.1, -0.05) is 30.3 Å². The van der Waals surface area contributed by atoms with E-state index in [1.807, 2.05) is 0 Å². The molecule has 0 fully saturated rings. The van der Waals surface area contributed by atoms with E-state index in [1.165, 1.54) is 6.07 Å². The number of anilines is 1. The third-order valence-corrected chi connectivity index (χ3v) is 3.44. The van der Waals surface area contributed by atoms with Crippen molar-refractivity contribution in [2.75, 3.05) is 5.43 Å². The zero-order chi connectivity index (χ0) is 15.2. The van der Waals surface area contributed by atoms with E-state index in [0.29, 0.717) is 11.3 Å². The number of nitrogen functional groups attached to an aromatic ring is 1. The molecule has 0 heterocycles. The first-order chi connectivity index (χ1) is 9.36. The molecule has 0 aliphatic heterocycles. The van der Waals surface area contributed by atoms with Gasteiger partial charge in [-0.2, -0.15) is 8.42 Å².